The zero-order chi connectivity index (χ0) is 25.6. The van der Waals surface area contributed by atoms with Gasteiger partial charge in [0.2, 0.25) is 11.2 Å². The van der Waals surface area contributed by atoms with Gasteiger partial charge in [0, 0.05) is 23.3 Å². The fraction of sp³-hybridized carbons (Fsp3) is 0.192. The zero-order valence-electron chi connectivity index (χ0n) is 19.2. The van der Waals surface area contributed by atoms with E-state index in [9.17, 15) is 25.2 Å². The van der Waals surface area contributed by atoms with E-state index in [0.717, 1.165) is 0 Å². The highest BCUT2D eigenvalue weighted by atomic mass is 16.6. The lowest BCUT2D eigenvalue weighted by atomic mass is 10.0. The van der Waals surface area contributed by atoms with Crippen LogP contribution in [0.1, 0.15) is 11.7 Å². The largest absolute Gasteiger partial charge is 0.507 e. The molecule has 1 aliphatic rings. The van der Waals surface area contributed by atoms with Crippen LogP contribution in [0.2, 0.25) is 0 Å². The van der Waals surface area contributed by atoms with Crippen LogP contribution in [0.4, 0.5) is 0 Å². The van der Waals surface area contributed by atoms with Gasteiger partial charge in [-0.25, -0.2) is 0 Å². The highest BCUT2D eigenvalue weighted by Crippen LogP contribution is 2.44. The molecule has 0 saturated heterocycles. The molecule has 2 unspecified atom stereocenters. The molecule has 2 atom stereocenters. The SMILES string of the molecule is COc1cc(O)c2c(=O)c(O)c(-c3ccc4c(c3)OC(c3ccc(O)c(OC)c3)C(CO)O4)oc2c1. The van der Waals surface area contributed by atoms with Crippen molar-refractivity contribution in [3.8, 4) is 51.6 Å². The molecule has 0 saturated carbocycles. The number of phenolic OH excluding ortho intramolecular Hbond substituents is 2. The molecule has 186 valence electrons. The van der Waals surface area contributed by atoms with E-state index in [1.807, 2.05) is 0 Å². The van der Waals surface area contributed by atoms with Crippen molar-refractivity contribution in [3.05, 3.63) is 64.3 Å². The Morgan fingerprint density at radius 3 is 2.42 bits per heavy atom. The van der Waals surface area contributed by atoms with Crippen LogP contribution in [0.3, 0.4) is 0 Å². The van der Waals surface area contributed by atoms with Crippen LogP contribution < -0.4 is 24.4 Å². The predicted octanol–water partition coefficient (Wildman–Crippen LogP) is 3.47. The van der Waals surface area contributed by atoms with Gasteiger partial charge in [0.1, 0.15) is 22.5 Å². The minimum atomic E-state index is -0.810. The van der Waals surface area contributed by atoms with Gasteiger partial charge < -0.3 is 43.8 Å². The summed E-state index contributed by atoms with van der Waals surface area (Å²) in [5, 5.41) is 40.5. The van der Waals surface area contributed by atoms with Gasteiger partial charge in [-0.15, -0.1) is 0 Å². The highest BCUT2D eigenvalue weighted by molar-refractivity contribution is 5.88. The number of hydrogen-bond donors (Lipinski definition) is 4. The normalized spacial score (nSPS) is 16.6. The molecule has 3 aromatic carbocycles. The third kappa shape index (κ3) is 3.77. The highest BCUT2D eigenvalue weighted by Gasteiger charge is 2.34. The van der Waals surface area contributed by atoms with Crippen molar-refractivity contribution in [2.75, 3.05) is 20.8 Å². The monoisotopic (exact) mass is 494 g/mol. The summed E-state index contributed by atoms with van der Waals surface area (Å²) in [5.74, 6) is -0.161. The minimum Gasteiger partial charge on any atom is -0.507 e. The molecule has 10 heteroatoms. The summed E-state index contributed by atoms with van der Waals surface area (Å²) < 4.78 is 28.2. The maximum atomic E-state index is 12.8. The second kappa shape index (κ2) is 8.90. The summed E-state index contributed by atoms with van der Waals surface area (Å²) in [5.41, 5.74) is 0.104. The van der Waals surface area contributed by atoms with Crippen molar-refractivity contribution < 1.29 is 43.8 Å². The molecule has 5 rings (SSSR count). The van der Waals surface area contributed by atoms with E-state index in [1.165, 1.54) is 38.5 Å². The lowest BCUT2D eigenvalue weighted by molar-refractivity contribution is -0.0123. The molecule has 4 aromatic rings. The number of phenols is 2. The van der Waals surface area contributed by atoms with Crippen LogP contribution in [-0.2, 0) is 0 Å². The summed E-state index contributed by atoms with van der Waals surface area (Å²) in [6, 6.07) is 12.0. The molecule has 0 radical (unpaired) electrons. The van der Waals surface area contributed by atoms with Crippen LogP contribution in [-0.4, -0.2) is 47.4 Å². The Hall–Kier alpha value is -4.57. The van der Waals surface area contributed by atoms with Gasteiger partial charge in [-0.1, -0.05) is 6.07 Å². The zero-order valence-corrected chi connectivity index (χ0v) is 19.2. The number of fused-ring (bicyclic) bond motifs is 2. The van der Waals surface area contributed by atoms with Crippen LogP contribution in [0.25, 0.3) is 22.3 Å². The Morgan fingerprint density at radius 1 is 0.889 bits per heavy atom. The van der Waals surface area contributed by atoms with Crippen molar-refractivity contribution in [2.45, 2.75) is 12.2 Å². The summed E-state index contributed by atoms with van der Waals surface area (Å²) in [4.78, 5) is 12.8. The van der Waals surface area contributed by atoms with E-state index in [1.54, 1.807) is 24.3 Å². The van der Waals surface area contributed by atoms with E-state index in [4.69, 9.17) is 23.4 Å². The Bertz CT molecular complexity index is 1520. The van der Waals surface area contributed by atoms with Crippen molar-refractivity contribution in [1.82, 2.24) is 0 Å². The summed E-state index contributed by atoms with van der Waals surface area (Å²) >= 11 is 0. The standard InChI is InChI=1S/C26H22O10/c1-32-14-9-16(29)22-20(10-14)36-26(24(31)23(22)30)13-4-6-17-19(8-13)35-25(21(11-27)34-17)12-3-5-15(28)18(7-12)33-2/h3-10,21,25,27-29,31H,11H2,1-2H3. The molecule has 0 bridgehead atoms. The first-order valence-corrected chi connectivity index (χ1v) is 10.9. The van der Waals surface area contributed by atoms with Crippen LogP contribution in [0.5, 0.6) is 40.2 Å². The third-order valence-electron chi connectivity index (χ3n) is 5.95. The van der Waals surface area contributed by atoms with Crippen molar-refractivity contribution in [2.24, 2.45) is 0 Å². The van der Waals surface area contributed by atoms with Crippen molar-refractivity contribution >= 4 is 11.0 Å². The number of rotatable bonds is 5. The van der Waals surface area contributed by atoms with E-state index in [0.29, 0.717) is 16.9 Å². The molecule has 1 aromatic heterocycles. The maximum absolute atomic E-state index is 12.8. The molecule has 0 amide bonds. The molecule has 36 heavy (non-hydrogen) atoms. The molecule has 2 heterocycles. The van der Waals surface area contributed by atoms with Gasteiger partial charge in [0.15, 0.2) is 41.0 Å². The van der Waals surface area contributed by atoms with Gasteiger partial charge in [-0.3, -0.25) is 4.79 Å². The van der Waals surface area contributed by atoms with Gasteiger partial charge in [0.05, 0.1) is 20.8 Å². The lowest BCUT2D eigenvalue weighted by Crippen LogP contribution is -2.36. The molecule has 1 aliphatic heterocycles. The van der Waals surface area contributed by atoms with Gasteiger partial charge in [-0.2, -0.15) is 0 Å². The smallest absolute Gasteiger partial charge is 0.238 e. The second-order valence-electron chi connectivity index (χ2n) is 8.10. The van der Waals surface area contributed by atoms with E-state index in [-0.39, 0.29) is 52.1 Å². The number of aliphatic hydroxyl groups excluding tert-OH is 1. The molecule has 0 aliphatic carbocycles. The Labute approximate surface area is 204 Å². The Balaban J connectivity index is 1.59. The van der Waals surface area contributed by atoms with Crippen LogP contribution in [0.15, 0.2) is 57.7 Å². The number of methoxy groups -OCH3 is 2. The quantitative estimate of drug-likeness (QED) is 0.325. The fourth-order valence-corrected chi connectivity index (χ4v) is 4.14. The average Bonchev–Trinajstić information content (AvgIpc) is 2.89. The second-order valence-corrected chi connectivity index (χ2v) is 8.10. The van der Waals surface area contributed by atoms with E-state index < -0.39 is 23.4 Å². The van der Waals surface area contributed by atoms with Gasteiger partial charge in [0.25, 0.3) is 0 Å². The number of hydrogen-bond acceptors (Lipinski definition) is 10. The summed E-state index contributed by atoms with van der Waals surface area (Å²) in [6.07, 6.45) is -1.51. The number of aromatic hydroxyl groups is 3. The fourth-order valence-electron chi connectivity index (χ4n) is 4.14. The molecular weight excluding hydrogens is 472 g/mol. The maximum Gasteiger partial charge on any atom is 0.238 e. The topological polar surface area (TPSA) is 148 Å². The summed E-state index contributed by atoms with van der Waals surface area (Å²) in [6.45, 7) is -0.347. The third-order valence-corrected chi connectivity index (χ3v) is 5.95. The van der Waals surface area contributed by atoms with E-state index >= 15 is 0 Å². The first kappa shape index (κ1) is 23.2. The minimum absolute atomic E-state index is 0.0222. The molecule has 10 nitrogen and oxygen atoms in total. The molecule has 4 N–H and O–H groups in total. The van der Waals surface area contributed by atoms with Crippen LogP contribution >= 0.6 is 0 Å². The average molecular weight is 494 g/mol. The van der Waals surface area contributed by atoms with Crippen molar-refractivity contribution in [3.63, 3.8) is 0 Å². The first-order chi connectivity index (χ1) is 17.3. The Morgan fingerprint density at radius 2 is 1.69 bits per heavy atom. The van der Waals surface area contributed by atoms with E-state index in [2.05, 4.69) is 0 Å². The number of ether oxygens (including phenoxy) is 4. The lowest BCUT2D eigenvalue weighted by Gasteiger charge is -2.33. The number of aliphatic hydroxyl groups is 1. The summed E-state index contributed by atoms with van der Waals surface area (Å²) in [7, 11) is 2.82. The molecule has 0 spiro atoms. The van der Waals surface area contributed by atoms with Gasteiger partial charge in [-0.05, 0) is 30.3 Å². The predicted molar refractivity (Wildman–Crippen MR) is 127 cm³/mol. The van der Waals surface area contributed by atoms with Crippen molar-refractivity contribution in [1.29, 1.82) is 0 Å². The molecule has 0 fully saturated rings. The van der Waals surface area contributed by atoms with Gasteiger partial charge >= 0.3 is 0 Å². The number of benzene rings is 3. The Kier molecular flexibility index (Phi) is 5.73. The molecular formula is C26H22O10. The first-order valence-electron chi connectivity index (χ1n) is 10.9. The van der Waals surface area contributed by atoms with Crippen LogP contribution in [0, 0.1) is 0 Å².